The molecule has 0 atom stereocenters. The molecule has 108 valence electrons. The molecular weight excluding hydrogens is 292 g/mol. The fraction of sp³-hybridized carbons (Fsp3) is 0.556. The summed E-state index contributed by atoms with van der Waals surface area (Å²) in [7, 11) is 0. The molecule has 0 nitrogen and oxygen atoms in total. The van der Waals surface area contributed by atoms with Crippen LogP contribution in [0.1, 0.15) is 54.4 Å². The molecule has 0 fully saturated rings. The molecule has 0 amide bonds. The fourth-order valence-corrected chi connectivity index (χ4v) is 1.70. The Morgan fingerprint density at radius 3 is 1.05 bits per heavy atom. The third-order valence-corrected chi connectivity index (χ3v) is 3.64. The molecule has 2 heteroatoms. The quantitative estimate of drug-likeness (QED) is 0.394. The summed E-state index contributed by atoms with van der Waals surface area (Å²) in [4.78, 5) is 0. The van der Waals surface area contributed by atoms with Crippen LogP contribution in [0.5, 0.6) is 0 Å². The molecule has 0 bridgehead atoms. The SMILES string of the molecule is CC1=[C-]CC(C)=C1C.CC1=[C-]CC(C)=C1C.C[Si](C)=[Ti+2]. The van der Waals surface area contributed by atoms with Gasteiger partial charge in [-0.1, -0.05) is 27.7 Å². The molecule has 0 saturated heterocycles. The van der Waals surface area contributed by atoms with E-state index in [1.807, 2.05) is 0 Å². The predicted molar refractivity (Wildman–Crippen MR) is 88.3 cm³/mol. The van der Waals surface area contributed by atoms with E-state index < -0.39 is 0 Å². The first kappa shape index (κ1) is 19.9. The second-order valence-electron chi connectivity index (χ2n) is 5.77. The maximum absolute atomic E-state index is 3.26. The minimum atomic E-state index is 0.120. The van der Waals surface area contributed by atoms with Gasteiger partial charge in [-0.15, -0.1) is 26.7 Å². The molecule has 2 rings (SSSR count). The predicted octanol–water partition coefficient (Wildman–Crippen LogP) is 5.74. The molecule has 0 unspecified atom stereocenters. The van der Waals surface area contributed by atoms with Crippen LogP contribution in [0.25, 0.3) is 0 Å². The van der Waals surface area contributed by atoms with E-state index in [0.717, 1.165) is 12.8 Å². The van der Waals surface area contributed by atoms with Crippen LogP contribution >= 0.6 is 0 Å². The molecule has 20 heavy (non-hydrogen) atoms. The summed E-state index contributed by atoms with van der Waals surface area (Å²) in [5.74, 6) is 0. The van der Waals surface area contributed by atoms with Gasteiger partial charge in [0.25, 0.3) is 0 Å². The molecule has 2 aliphatic carbocycles. The summed E-state index contributed by atoms with van der Waals surface area (Å²) in [5, 5.41) is 0. The van der Waals surface area contributed by atoms with Gasteiger partial charge in [0.05, 0.1) is 0 Å². The zero-order chi connectivity index (χ0) is 15.9. The first-order valence-corrected chi connectivity index (χ1v) is 12.0. The van der Waals surface area contributed by atoms with Crippen molar-refractivity contribution >= 4 is 6.19 Å². The van der Waals surface area contributed by atoms with Crippen molar-refractivity contribution < 1.29 is 19.2 Å². The zero-order valence-electron chi connectivity index (χ0n) is 14.4. The third kappa shape index (κ3) is 7.61. The number of hydrogen-bond acceptors (Lipinski definition) is 0. The Bertz CT molecular complexity index is 433. The van der Waals surface area contributed by atoms with Gasteiger partial charge in [-0.2, -0.15) is 22.3 Å². The molecule has 0 aromatic carbocycles. The van der Waals surface area contributed by atoms with Crippen LogP contribution in [0.3, 0.4) is 0 Å². The average Bonchev–Trinajstić information content (AvgIpc) is 2.80. The van der Waals surface area contributed by atoms with E-state index in [-0.39, 0.29) is 6.19 Å². The van der Waals surface area contributed by atoms with Crippen molar-refractivity contribution in [3.63, 3.8) is 0 Å². The van der Waals surface area contributed by atoms with Crippen LogP contribution in [0.15, 0.2) is 33.4 Å². The second-order valence-corrected chi connectivity index (χ2v) is 12.5. The Morgan fingerprint density at radius 1 is 0.750 bits per heavy atom. The monoisotopic (exact) mass is 320 g/mol. The van der Waals surface area contributed by atoms with Gasteiger partial charge in [0.1, 0.15) is 0 Å². The van der Waals surface area contributed by atoms with Crippen molar-refractivity contribution in [2.24, 2.45) is 0 Å². The van der Waals surface area contributed by atoms with Crippen molar-refractivity contribution in [1.29, 1.82) is 0 Å². The van der Waals surface area contributed by atoms with Gasteiger partial charge in [-0.25, -0.2) is 11.1 Å². The topological polar surface area (TPSA) is 0 Å². The molecule has 0 saturated carbocycles. The van der Waals surface area contributed by atoms with Crippen LogP contribution in [-0.2, 0) is 19.2 Å². The summed E-state index contributed by atoms with van der Waals surface area (Å²) in [6.45, 7) is 17.4. The normalized spacial score (nSPS) is 17.1. The molecular formula is C18H28SiTi. The average molecular weight is 320 g/mol. The summed E-state index contributed by atoms with van der Waals surface area (Å²) in [6.07, 6.45) is 8.75. The van der Waals surface area contributed by atoms with E-state index in [9.17, 15) is 0 Å². The third-order valence-electron chi connectivity index (χ3n) is 3.64. The summed E-state index contributed by atoms with van der Waals surface area (Å²) < 4.78 is 0. The molecule has 0 spiro atoms. The Kier molecular flexibility index (Phi) is 9.71. The van der Waals surface area contributed by atoms with Gasteiger partial charge in [0.15, 0.2) is 0 Å². The van der Waals surface area contributed by atoms with E-state index in [2.05, 4.69) is 86.0 Å². The van der Waals surface area contributed by atoms with E-state index in [1.165, 1.54) is 33.4 Å². The summed E-state index contributed by atoms with van der Waals surface area (Å²) in [5.41, 5.74) is 8.49. The number of allylic oxidation sites excluding steroid dienone is 8. The van der Waals surface area contributed by atoms with E-state index in [4.69, 9.17) is 0 Å². The van der Waals surface area contributed by atoms with Crippen molar-refractivity contribution in [3.05, 3.63) is 45.6 Å². The van der Waals surface area contributed by atoms with Crippen LogP contribution < -0.4 is 0 Å². The first-order valence-electron chi connectivity index (χ1n) is 7.16. The van der Waals surface area contributed by atoms with Crippen LogP contribution in [0.2, 0.25) is 13.1 Å². The summed E-state index contributed by atoms with van der Waals surface area (Å²) in [6, 6.07) is 0. The van der Waals surface area contributed by atoms with Gasteiger partial charge >= 0.3 is 38.5 Å². The van der Waals surface area contributed by atoms with Crippen LogP contribution in [0.4, 0.5) is 0 Å². The Balaban J connectivity index is 0.000000289. The van der Waals surface area contributed by atoms with Crippen LogP contribution in [-0.4, -0.2) is 6.19 Å². The van der Waals surface area contributed by atoms with E-state index >= 15 is 0 Å². The van der Waals surface area contributed by atoms with Gasteiger partial charge in [0.2, 0.25) is 0 Å². The first-order chi connectivity index (χ1) is 9.16. The van der Waals surface area contributed by atoms with Gasteiger partial charge < -0.3 is 0 Å². The van der Waals surface area contributed by atoms with Gasteiger partial charge in [-0.05, 0) is 0 Å². The van der Waals surface area contributed by atoms with E-state index in [1.54, 1.807) is 0 Å². The Morgan fingerprint density at radius 2 is 1.00 bits per heavy atom. The molecule has 0 aliphatic heterocycles. The maximum atomic E-state index is 3.26. The summed E-state index contributed by atoms with van der Waals surface area (Å²) >= 11 is 2.27. The fourth-order valence-electron chi connectivity index (χ4n) is 1.70. The van der Waals surface area contributed by atoms with Crippen molar-refractivity contribution in [2.45, 2.75) is 67.5 Å². The Hall–Kier alpha value is -0.109. The molecule has 0 radical (unpaired) electrons. The standard InChI is InChI=1S/2C8H11.C2H6Si.Ti/c2*1-6-4-5-7(2)8(6)3;1-3-2;/h2*4H2,1-3H3;1-2H3;/q2*-1;;+2. The number of rotatable bonds is 0. The molecule has 0 aromatic rings. The molecule has 0 N–H and O–H groups in total. The number of hydrogen-bond donors (Lipinski definition) is 0. The van der Waals surface area contributed by atoms with Crippen molar-refractivity contribution in [1.82, 2.24) is 0 Å². The molecule has 0 heterocycles. The van der Waals surface area contributed by atoms with E-state index in [0.29, 0.717) is 0 Å². The van der Waals surface area contributed by atoms with Gasteiger partial charge in [0, 0.05) is 0 Å². The second kappa shape index (κ2) is 9.76. The van der Waals surface area contributed by atoms with Crippen molar-refractivity contribution in [3.8, 4) is 0 Å². The minimum absolute atomic E-state index is 0.120. The molecule has 2 aliphatic rings. The zero-order valence-corrected chi connectivity index (χ0v) is 17.0. The van der Waals surface area contributed by atoms with Gasteiger partial charge in [-0.3, -0.25) is 12.2 Å². The Labute approximate surface area is 138 Å². The van der Waals surface area contributed by atoms with Crippen LogP contribution in [0, 0.1) is 12.2 Å². The molecule has 0 aromatic heterocycles. The van der Waals surface area contributed by atoms with Crippen molar-refractivity contribution in [2.75, 3.05) is 0 Å².